The summed E-state index contributed by atoms with van der Waals surface area (Å²) in [5.74, 6) is 7.33. The van der Waals surface area contributed by atoms with Crippen molar-refractivity contribution >= 4 is 11.8 Å². The normalized spacial score (nSPS) is 26.6. The number of methoxy groups -OCH3 is 1. The maximum atomic E-state index is 12.9. The Balaban J connectivity index is 1.41. The number of ether oxygens (including phenoxy) is 2. The van der Waals surface area contributed by atoms with Crippen molar-refractivity contribution in [2.45, 2.75) is 70.1 Å². The molecule has 3 unspecified atom stereocenters. The Bertz CT molecular complexity index is 849. The van der Waals surface area contributed by atoms with Crippen LogP contribution in [0.25, 0.3) is 0 Å². The van der Waals surface area contributed by atoms with Gasteiger partial charge in [-0.3, -0.25) is 9.59 Å². The molecule has 3 N–H and O–H groups in total. The quantitative estimate of drug-likeness (QED) is 0.363. The standard InChI is InChI=1S/C24H37N5O4/c1-16-12-26-13-17(2)28(16)29(25)24(31)15-27-14-19(11-23(27)30)18-8-9-21(32-3)22(10-18)33-20-6-4-5-7-20/h8-10,16-17,19-20,26H,4-7,11-15,25H2,1-3H3. The van der Waals surface area contributed by atoms with Crippen molar-refractivity contribution < 1.29 is 19.1 Å². The topological polar surface area (TPSA) is 100 Å². The molecule has 1 aromatic rings. The van der Waals surface area contributed by atoms with Crippen molar-refractivity contribution in [2.75, 3.05) is 33.3 Å². The fourth-order valence-corrected chi connectivity index (χ4v) is 5.29. The molecular formula is C24H37N5O4. The molecule has 9 nitrogen and oxygen atoms in total. The van der Waals surface area contributed by atoms with Crippen LogP contribution in [-0.4, -0.2) is 78.3 Å². The second-order valence-corrected chi connectivity index (χ2v) is 9.58. The molecule has 4 rings (SSSR count). The third kappa shape index (κ3) is 5.26. The SMILES string of the molecule is COc1ccc(C2CC(=O)N(CC(=O)N(N)N3C(C)CNCC3C)C2)cc1OC1CCCC1. The van der Waals surface area contributed by atoms with Crippen molar-refractivity contribution in [3.05, 3.63) is 23.8 Å². The lowest BCUT2D eigenvalue weighted by molar-refractivity contribution is -0.164. The molecule has 0 radical (unpaired) electrons. The Morgan fingerprint density at radius 1 is 1.18 bits per heavy atom. The highest BCUT2D eigenvalue weighted by Crippen LogP contribution is 2.37. The summed E-state index contributed by atoms with van der Waals surface area (Å²) in [6.07, 6.45) is 5.09. The summed E-state index contributed by atoms with van der Waals surface area (Å²) < 4.78 is 11.7. The van der Waals surface area contributed by atoms with E-state index in [1.165, 1.54) is 18.0 Å². The summed E-state index contributed by atoms with van der Waals surface area (Å²) in [5, 5.41) is 6.43. The van der Waals surface area contributed by atoms with E-state index < -0.39 is 0 Å². The molecule has 2 amide bonds. The highest BCUT2D eigenvalue weighted by atomic mass is 16.5. The van der Waals surface area contributed by atoms with Crippen molar-refractivity contribution in [3.8, 4) is 11.5 Å². The van der Waals surface area contributed by atoms with E-state index in [0.29, 0.717) is 18.7 Å². The van der Waals surface area contributed by atoms with Gasteiger partial charge in [-0.25, -0.2) is 11.0 Å². The van der Waals surface area contributed by atoms with Gasteiger partial charge >= 0.3 is 0 Å². The van der Waals surface area contributed by atoms with Crippen LogP contribution in [0.2, 0.25) is 0 Å². The predicted molar refractivity (Wildman–Crippen MR) is 124 cm³/mol. The van der Waals surface area contributed by atoms with Crippen LogP contribution in [0.5, 0.6) is 11.5 Å². The number of rotatable bonds is 7. The van der Waals surface area contributed by atoms with E-state index in [4.69, 9.17) is 15.3 Å². The van der Waals surface area contributed by atoms with Crippen molar-refractivity contribution in [3.63, 3.8) is 0 Å². The summed E-state index contributed by atoms with van der Waals surface area (Å²) >= 11 is 0. The minimum Gasteiger partial charge on any atom is -0.493 e. The Morgan fingerprint density at radius 3 is 2.55 bits per heavy atom. The minimum atomic E-state index is -0.274. The van der Waals surface area contributed by atoms with Crippen LogP contribution in [0.15, 0.2) is 18.2 Å². The number of amides is 2. The summed E-state index contributed by atoms with van der Waals surface area (Å²) in [4.78, 5) is 27.3. The number of hydrazine groups is 2. The van der Waals surface area contributed by atoms with Gasteiger partial charge in [-0.2, -0.15) is 5.01 Å². The van der Waals surface area contributed by atoms with Crippen molar-refractivity contribution in [1.29, 1.82) is 0 Å². The van der Waals surface area contributed by atoms with Crippen LogP contribution in [0.3, 0.4) is 0 Å². The molecule has 3 aliphatic rings. The van der Waals surface area contributed by atoms with E-state index in [1.54, 1.807) is 12.0 Å². The number of piperazine rings is 1. The zero-order chi connectivity index (χ0) is 23.5. The molecule has 182 valence electrons. The number of carbonyl (C=O) groups excluding carboxylic acids is 2. The number of nitrogens with zero attached hydrogens (tertiary/aromatic N) is 3. The average Bonchev–Trinajstić information content (AvgIpc) is 3.43. The fourth-order valence-electron chi connectivity index (χ4n) is 5.29. The van der Waals surface area contributed by atoms with Gasteiger partial charge < -0.3 is 19.7 Å². The van der Waals surface area contributed by atoms with E-state index in [1.807, 2.05) is 37.1 Å². The zero-order valence-corrected chi connectivity index (χ0v) is 20.0. The molecule has 0 spiro atoms. The lowest BCUT2D eigenvalue weighted by Crippen LogP contribution is -2.66. The lowest BCUT2D eigenvalue weighted by Gasteiger charge is -2.43. The van der Waals surface area contributed by atoms with Crippen LogP contribution in [-0.2, 0) is 9.59 Å². The Morgan fingerprint density at radius 2 is 1.88 bits per heavy atom. The molecule has 1 aliphatic carbocycles. The number of likely N-dealkylation sites (tertiary alicyclic amines) is 1. The number of benzene rings is 1. The second-order valence-electron chi connectivity index (χ2n) is 9.58. The Labute approximate surface area is 196 Å². The van der Waals surface area contributed by atoms with Crippen LogP contribution in [0.4, 0.5) is 0 Å². The molecule has 3 fully saturated rings. The van der Waals surface area contributed by atoms with Gasteiger partial charge in [-0.1, -0.05) is 6.07 Å². The van der Waals surface area contributed by atoms with Crippen LogP contribution in [0.1, 0.15) is 57.4 Å². The first-order valence-corrected chi connectivity index (χ1v) is 12.1. The summed E-state index contributed by atoms with van der Waals surface area (Å²) in [5.41, 5.74) is 1.03. The first-order valence-electron chi connectivity index (χ1n) is 12.1. The van der Waals surface area contributed by atoms with E-state index >= 15 is 0 Å². The minimum absolute atomic E-state index is 0.00499. The van der Waals surface area contributed by atoms with Gasteiger partial charge in [0.15, 0.2) is 11.5 Å². The van der Waals surface area contributed by atoms with Gasteiger partial charge in [-0.05, 0) is 57.2 Å². The third-order valence-electron chi connectivity index (χ3n) is 7.08. The number of hydrogen-bond acceptors (Lipinski definition) is 7. The number of hydrogen-bond donors (Lipinski definition) is 2. The summed E-state index contributed by atoms with van der Waals surface area (Å²) in [7, 11) is 1.64. The van der Waals surface area contributed by atoms with Gasteiger partial charge in [-0.15, -0.1) is 0 Å². The number of carbonyl (C=O) groups is 2. The Hall–Kier alpha value is -2.36. The number of nitrogens with two attached hydrogens (primary N) is 1. The monoisotopic (exact) mass is 459 g/mol. The first-order chi connectivity index (χ1) is 15.9. The second kappa shape index (κ2) is 10.3. The zero-order valence-electron chi connectivity index (χ0n) is 20.0. The highest BCUT2D eigenvalue weighted by Gasteiger charge is 2.36. The maximum Gasteiger partial charge on any atom is 0.271 e. The average molecular weight is 460 g/mol. The van der Waals surface area contributed by atoms with Gasteiger partial charge in [0, 0.05) is 44.1 Å². The molecular weight excluding hydrogens is 422 g/mol. The summed E-state index contributed by atoms with van der Waals surface area (Å²) in [6, 6.07) is 6.10. The molecule has 3 atom stereocenters. The molecule has 1 saturated carbocycles. The summed E-state index contributed by atoms with van der Waals surface area (Å²) in [6.45, 7) is 6.05. The van der Waals surface area contributed by atoms with Gasteiger partial charge in [0.25, 0.3) is 5.91 Å². The molecule has 2 saturated heterocycles. The smallest absolute Gasteiger partial charge is 0.271 e. The molecule has 2 heterocycles. The predicted octanol–water partition coefficient (Wildman–Crippen LogP) is 1.63. The molecule has 0 bridgehead atoms. The third-order valence-corrected chi connectivity index (χ3v) is 7.08. The lowest BCUT2D eigenvalue weighted by atomic mass is 9.98. The van der Waals surface area contributed by atoms with Crippen LogP contribution >= 0.6 is 0 Å². The van der Waals surface area contributed by atoms with Gasteiger partial charge in [0.2, 0.25) is 5.91 Å². The Kier molecular flexibility index (Phi) is 7.41. The van der Waals surface area contributed by atoms with Crippen LogP contribution < -0.4 is 20.6 Å². The van der Waals surface area contributed by atoms with Crippen molar-refractivity contribution in [2.24, 2.45) is 5.84 Å². The van der Waals surface area contributed by atoms with E-state index in [2.05, 4.69) is 5.32 Å². The van der Waals surface area contributed by atoms with Gasteiger partial charge in [0.05, 0.1) is 13.2 Å². The molecule has 2 aliphatic heterocycles. The molecule has 1 aromatic carbocycles. The molecule has 33 heavy (non-hydrogen) atoms. The van der Waals surface area contributed by atoms with Crippen molar-refractivity contribution in [1.82, 2.24) is 20.3 Å². The van der Waals surface area contributed by atoms with Crippen LogP contribution in [0, 0.1) is 0 Å². The molecule has 9 heteroatoms. The first kappa shape index (κ1) is 23.8. The van der Waals surface area contributed by atoms with E-state index in [0.717, 1.165) is 37.2 Å². The number of nitrogens with one attached hydrogen (secondary N) is 1. The van der Waals surface area contributed by atoms with Gasteiger partial charge in [0.1, 0.15) is 6.54 Å². The van der Waals surface area contributed by atoms with E-state index in [9.17, 15) is 9.59 Å². The largest absolute Gasteiger partial charge is 0.493 e. The fraction of sp³-hybridized carbons (Fsp3) is 0.667. The van der Waals surface area contributed by atoms with E-state index in [-0.39, 0.29) is 42.5 Å². The highest BCUT2D eigenvalue weighted by molar-refractivity contribution is 5.86. The molecule has 0 aromatic heterocycles. The maximum absolute atomic E-state index is 12.9.